The maximum Gasteiger partial charge on any atom is 0.389 e. The molecule has 0 amide bonds. The van der Waals surface area contributed by atoms with Crippen molar-refractivity contribution in [3.05, 3.63) is 64.8 Å². The number of rotatable bonds is 14. The van der Waals surface area contributed by atoms with Gasteiger partial charge >= 0.3 is 6.18 Å². The second-order valence-corrected chi connectivity index (χ2v) is 20.6. The third kappa shape index (κ3) is 9.89. The molecule has 15 heteroatoms. The van der Waals surface area contributed by atoms with Crippen LogP contribution in [0.5, 0.6) is 0 Å². The molecule has 9 nitrogen and oxygen atoms in total. The van der Waals surface area contributed by atoms with E-state index >= 15 is 0 Å². The number of aryl methyl sites for hydroxylation is 2. The van der Waals surface area contributed by atoms with Gasteiger partial charge in [-0.05, 0) is 49.1 Å². The summed E-state index contributed by atoms with van der Waals surface area (Å²) < 4.78 is 108. The molecule has 0 fully saturated rings. The zero-order valence-corrected chi connectivity index (χ0v) is 27.6. The van der Waals surface area contributed by atoms with Crippen molar-refractivity contribution in [3.63, 3.8) is 0 Å². The highest BCUT2D eigenvalue weighted by atomic mass is 32.2. The fourth-order valence-corrected chi connectivity index (χ4v) is 6.74. The number of hydrogen-bond acceptors (Lipinski definition) is 8. The second-order valence-electron chi connectivity index (χ2n) is 11.5. The molecule has 0 aliphatic heterocycles. The van der Waals surface area contributed by atoms with Crippen molar-refractivity contribution in [3.8, 4) is 11.1 Å². The molecule has 2 aromatic carbocycles. The quantitative estimate of drug-likeness (QED) is 0.0839. The predicted octanol–water partition coefficient (Wildman–Crippen LogP) is 6.44. The lowest BCUT2D eigenvalue weighted by Crippen LogP contribution is -2.34. The minimum absolute atomic E-state index is 0.0223. The first-order valence-corrected chi connectivity index (χ1v) is 20.4. The van der Waals surface area contributed by atoms with Crippen LogP contribution in [0.1, 0.15) is 28.8 Å². The number of nitrogens with zero attached hydrogens (tertiary/aromatic N) is 2. The van der Waals surface area contributed by atoms with Crippen LogP contribution in [-0.2, 0) is 42.1 Å². The monoisotopic (exact) mass is 662 g/mol. The van der Waals surface area contributed by atoms with Crippen LogP contribution in [0.4, 0.5) is 19.1 Å². The van der Waals surface area contributed by atoms with Crippen molar-refractivity contribution < 1.29 is 43.4 Å². The number of anilines is 1. The molecule has 238 valence electrons. The summed E-state index contributed by atoms with van der Waals surface area (Å²) in [5, 5.41) is 3.91. The fraction of sp³-hybridized carbons (Fsp3) is 0.464. The zero-order chi connectivity index (χ0) is 32.2. The number of hydrogen-bond donors (Lipinski definition) is 0. The highest BCUT2D eigenvalue weighted by Crippen LogP contribution is 2.37. The number of halogens is 3. The topological polar surface area (TPSA) is 116 Å². The number of benzene rings is 2. The van der Waals surface area contributed by atoms with Gasteiger partial charge < -0.3 is 9.26 Å². The molecule has 0 N–H and O–H groups in total. The number of ether oxygens (including phenoxy) is 1. The Balaban J connectivity index is 2.11. The van der Waals surface area contributed by atoms with Crippen LogP contribution in [0.15, 0.2) is 51.9 Å². The normalized spacial score (nSPS) is 13.0. The van der Waals surface area contributed by atoms with Crippen molar-refractivity contribution in [2.45, 2.75) is 70.1 Å². The van der Waals surface area contributed by atoms with Gasteiger partial charge in [-0.3, -0.25) is 4.18 Å². The molecule has 0 aliphatic carbocycles. The van der Waals surface area contributed by atoms with Gasteiger partial charge in [-0.2, -0.15) is 21.6 Å². The Morgan fingerprint density at radius 3 is 2.26 bits per heavy atom. The van der Waals surface area contributed by atoms with Crippen LogP contribution in [0.25, 0.3) is 11.1 Å². The molecule has 0 aliphatic rings. The van der Waals surface area contributed by atoms with Gasteiger partial charge in [-0.1, -0.05) is 61.2 Å². The van der Waals surface area contributed by atoms with Gasteiger partial charge in [0, 0.05) is 32.2 Å². The van der Waals surface area contributed by atoms with Gasteiger partial charge in [0.2, 0.25) is 5.88 Å². The second kappa shape index (κ2) is 13.5. The van der Waals surface area contributed by atoms with Crippen molar-refractivity contribution in [1.82, 2.24) is 5.16 Å². The summed E-state index contributed by atoms with van der Waals surface area (Å²) in [6.07, 6.45) is -5.25. The molecule has 0 radical (unpaired) electrons. The Bertz CT molecular complexity index is 1630. The summed E-state index contributed by atoms with van der Waals surface area (Å²) >= 11 is 0. The third-order valence-corrected chi connectivity index (χ3v) is 10.6. The molecule has 3 rings (SSSR count). The Morgan fingerprint density at radius 2 is 1.67 bits per heavy atom. The SMILES string of the molecule is Cc1noc(N(COCC[Si](C)(C)C)S(=O)(=O)c2ccccc2-c2ccc(COS(C)(=O)=O)cc2CCC(F)(F)F)c1C. The summed E-state index contributed by atoms with van der Waals surface area (Å²) in [4.78, 5) is -0.175. The number of alkyl halides is 3. The first kappa shape index (κ1) is 34.8. The molecule has 1 heterocycles. The minimum Gasteiger partial charge on any atom is -0.360 e. The molecule has 0 unspecified atom stereocenters. The third-order valence-electron chi connectivity index (χ3n) is 6.60. The maximum absolute atomic E-state index is 14.3. The van der Waals surface area contributed by atoms with E-state index < -0.39 is 47.2 Å². The summed E-state index contributed by atoms with van der Waals surface area (Å²) in [5.41, 5.74) is 1.90. The van der Waals surface area contributed by atoms with Crippen LogP contribution >= 0.6 is 0 Å². The lowest BCUT2D eigenvalue weighted by Gasteiger charge is -2.25. The van der Waals surface area contributed by atoms with Crippen molar-refractivity contribution in [1.29, 1.82) is 0 Å². The Labute approximate surface area is 252 Å². The molecule has 0 spiro atoms. The van der Waals surface area contributed by atoms with E-state index in [1.807, 2.05) is 0 Å². The van der Waals surface area contributed by atoms with Crippen LogP contribution in [0.3, 0.4) is 0 Å². The van der Waals surface area contributed by atoms with Crippen LogP contribution < -0.4 is 4.31 Å². The minimum atomic E-state index is -4.48. The first-order chi connectivity index (χ1) is 19.8. The summed E-state index contributed by atoms with van der Waals surface area (Å²) in [6.45, 7) is 9.43. The van der Waals surface area contributed by atoms with Gasteiger partial charge in [-0.15, -0.1) is 0 Å². The maximum atomic E-state index is 14.3. The lowest BCUT2D eigenvalue weighted by molar-refractivity contribution is -0.133. The van der Waals surface area contributed by atoms with E-state index in [2.05, 4.69) is 24.8 Å². The summed E-state index contributed by atoms with van der Waals surface area (Å²) in [5.74, 6) is -0.0223. The van der Waals surface area contributed by atoms with Crippen molar-refractivity contribution >= 4 is 34.1 Å². The van der Waals surface area contributed by atoms with E-state index in [1.54, 1.807) is 19.9 Å². The molecule has 1 aromatic heterocycles. The fourth-order valence-electron chi connectivity index (χ4n) is 4.09. The summed E-state index contributed by atoms with van der Waals surface area (Å²) in [7, 11) is -9.68. The van der Waals surface area contributed by atoms with E-state index in [1.165, 1.54) is 36.4 Å². The first-order valence-electron chi connectivity index (χ1n) is 13.4. The van der Waals surface area contributed by atoms with Crippen LogP contribution in [-0.4, -0.2) is 55.8 Å². The largest absolute Gasteiger partial charge is 0.389 e. The van der Waals surface area contributed by atoms with Crippen molar-refractivity contribution in [2.24, 2.45) is 0 Å². The predicted molar refractivity (Wildman–Crippen MR) is 161 cm³/mol. The molecular formula is C28H37F3N2O7S2Si. The van der Waals surface area contributed by atoms with Gasteiger partial charge in [0.25, 0.3) is 20.1 Å². The molecule has 0 atom stereocenters. The van der Waals surface area contributed by atoms with E-state index in [4.69, 9.17) is 13.4 Å². The van der Waals surface area contributed by atoms with Gasteiger partial charge in [0.1, 0.15) is 6.73 Å². The Hall–Kier alpha value is -2.72. The van der Waals surface area contributed by atoms with Crippen molar-refractivity contribution in [2.75, 3.05) is 23.9 Å². The van der Waals surface area contributed by atoms with Crippen LogP contribution in [0, 0.1) is 13.8 Å². The number of sulfonamides is 1. The lowest BCUT2D eigenvalue weighted by atomic mass is 9.94. The van der Waals surface area contributed by atoms with Gasteiger partial charge in [0.05, 0.1) is 23.5 Å². The molecule has 0 saturated heterocycles. The zero-order valence-electron chi connectivity index (χ0n) is 25.0. The molecule has 43 heavy (non-hydrogen) atoms. The van der Waals surface area contributed by atoms with Gasteiger partial charge in [-0.25, -0.2) is 12.7 Å². The average molecular weight is 663 g/mol. The number of aromatic nitrogens is 1. The molecule has 0 saturated carbocycles. The van der Waals surface area contributed by atoms with E-state index in [-0.39, 0.29) is 40.8 Å². The Morgan fingerprint density at radius 1 is 1.00 bits per heavy atom. The molecule has 3 aromatic rings. The average Bonchev–Trinajstić information content (AvgIpc) is 3.22. The van der Waals surface area contributed by atoms with Gasteiger partial charge in [0.15, 0.2) is 0 Å². The highest BCUT2D eigenvalue weighted by Gasteiger charge is 2.33. The Kier molecular flexibility index (Phi) is 10.9. The van der Waals surface area contributed by atoms with E-state index in [0.717, 1.165) is 16.6 Å². The smallest absolute Gasteiger partial charge is 0.360 e. The highest BCUT2D eigenvalue weighted by molar-refractivity contribution is 7.93. The van der Waals surface area contributed by atoms with E-state index in [9.17, 15) is 30.0 Å². The van der Waals surface area contributed by atoms with E-state index in [0.29, 0.717) is 23.4 Å². The standard InChI is InChI=1S/C28H37F3N2O7S2Si/c1-20-21(2)32-40-27(20)33(19-38-15-16-43(4,5)6)42(36,37)26-10-8-7-9-25(26)24-12-11-22(18-39-41(3,34)35)17-23(24)13-14-28(29,30)31/h7-12,17H,13-16,18-19H2,1-6H3. The molecule has 0 bridgehead atoms. The van der Waals surface area contributed by atoms with Crippen LogP contribution in [0.2, 0.25) is 25.7 Å². The molecular weight excluding hydrogens is 626 g/mol. The summed E-state index contributed by atoms with van der Waals surface area (Å²) in [6, 6.07) is 11.1.